The molecule has 0 saturated heterocycles. The van der Waals surface area contributed by atoms with Crippen LogP contribution in [0.4, 0.5) is 0 Å². The van der Waals surface area contributed by atoms with Crippen molar-refractivity contribution < 1.29 is 37.3 Å². The first kappa shape index (κ1) is 52.2. The van der Waals surface area contributed by atoms with Gasteiger partial charge < -0.3 is 18.9 Å². The molecule has 0 aromatic heterocycles. The van der Waals surface area contributed by atoms with E-state index >= 15 is 0 Å². The van der Waals surface area contributed by atoms with E-state index in [1.807, 2.05) is 21.1 Å². The van der Waals surface area contributed by atoms with E-state index in [4.69, 9.17) is 18.5 Å². The van der Waals surface area contributed by atoms with Gasteiger partial charge in [-0.2, -0.15) is 0 Å². The summed E-state index contributed by atoms with van der Waals surface area (Å²) in [4.78, 5) is 22.8. The molecule has 0 bridgehead atoms. The Balaban J connectivity index is 4.45. The van der Waals surface area contributed by atoms with Gasteiger partial charge in [0.25, 0.3) is 0 Å². The van der Waals surface area contributed by atoms with E-state index in [1.54, 1.807) is 0 Å². The van der Waals surface area contributed by atoms with Crippen molar-refractivity contribution in [3.8, 4) is 0 Å². The van der Waals surface area contributed by atoms with Crippen LogP contribution in [0.2, 0.25) is 0 Å². The second-order valence-electron chi connectivity index (χ2n) is 14.2. The summed E-state index contributed by atoms with van der Waals surface area (Å²) in [6.07, 6.45) is 52.8. The average molecular weight is 787 g/mol. The fourth-order valence-electron chi connectivity index (χ4n) is 4.70. The van der Waals surface area contributed by atoms with E-state index in [2.05, 4.69) is 123 Å². The normalized spacial score (nSPS) is 14.9. The molecule has 312 valence electrons. The Hall–Kier alpha value is -2.84. The summed E-state index contributed by atoms with van der Waals surface area (Å²) < 4.78 is 34.8. The molecule has 0 aromatic carbocycles. The van der Waals surface area contributed by atoms with Crippen molar-refractivity contribution >= 4 is 13.8 Å². The van der Waals surface area contributed by atoms with Crippen molar-refractivity contribution in [3.05, 3.63) is 109 Å². The van der Waals surface area contributed by atoms with Crippen molar-refractivity contribution in [3.63, 3.8) is 0 Å². The number of likely N-dealkylation sites (N-methyl/N-ethyl adjacent to an activating group) is 1. The smallest absolute Gasteiger partial charge is 0.457 e. The Morgan fingerprint density at radius 2 is 1.00 bits per heavy atom. The Morgan fingerprint density at radius 3 is 1.45 bits per heavy atom. The zero-order valence-electron chi connectivity index (χ0n) is 35.1. The van der Waals surface area contributed by atoms with Crippen LogP contribution in [0.25, 0.3) is 0 Å². The highest BCUT2D eigenvalue weighted by molar-refractivity contribution is 7.47. The maximum Gasteiger partial charge on any atom is 0.472 e. The number of unbranched alkanes of at least 4 members (excludes halogenated alkanes) is 4. The summed E-state index contributed by atoms with van der Waals surface area (Å²) in [6.45, 7) is 5.14. The van der Waals surface area contributed by atoms with Crippen LogP contribution < -0.4 is 0 Å². The first-order valence-corrected chi connectivity index (χ1v) is 22.1. The highest BCUT2D eigenvalue weighted by atomic mass is 31.2. The van der Waals surface area contributed by atoms with Crippen molar-refractivity contribution in [2.24, 2.45) is 0 Å². The van der Waals surface area contributed by atoms with Gasteiger partial charge in [0, 0.05) is 13.0 Å². The molecule has 0 aliphatic carbocycles. The van der Waals surface area contributed by atoms with Crippen LogP contribution >= 0.6 is 7.82 Å². The number of phosphoric acid groups is 1. The summed E-state index contributed by atoms with van der Waals surface area (Å²) in [5, 5.41) is 0. The molecule has 0 aromatic rings. The summed E-state index contributed by atoms with van der Waals surface area (Å²) in [6, 6.07) is 0. The minimum atomic E-state index is -4.30. The monoisotopic (exact) mass is 787 g/mol. The van der Waals surface area contributed by atoms with Crippen molar-refractivity contribution in [2.45, 2.75) is 123 Å². The number of ether oxygens (including phenoxy) is 2. The lowest BCUT2D eigenvalue weighted by molar-refractivity contribution is -0.870. The molecule has 0 amide bonds. The number of carbonyl (C=O) groups is 1. The standard InChI is InChI=1S/C46H76NO7P/c1-6-8-10-12-14-16-18-20-22-23-24-25-26-27-29-31-33-35-37-39-46(48)54-45(44-53-55(49,50)52-42-40-47(3,4)5)43-51-41-38-36-34-32-30-28-21-19-17-15-13-11-9-7-2/h8-11,14-17,20-22,24-25,27-29,32,34,45H,6-7,12-13,18-19,23,26,30-31,33,35-44H2,1-5H3/p+1/b10-8-,11-9-,16-14-,17-15-,22-20-,25-24-,28-21-,29-27-,34-32-. The van der Waals surface area contributed by atoms with E-state index in [9.17, 15) is 14.3 Å². The van der Waals surface area contributed by atoms with Crippen LogP contribution in [0.3, 0.4) is 0 Å². The Bertz CT molecular complexity index is 1240. The Kier molecular flexibility index (Phi) is 36.1. The lowest BCUT2D eigenvalue weighted by Gasteiger charge is -2.24. The molecule has 9 heteroatoms. The SMILES string of the molecule is CC/C=C\C/C=C\C/C=C\C/C=C\C/C=C\CCCCCC(=O)OC(COCCC/C=C\C/C=C\C/C=C\C/C=C\CC)COP(=O)(O)OCC[N+](C)(C)C. The summed E-state index contributed by atoms with van der Waals surface area (Å²) >= 11 is 0. The lowest BCUT2D eigenvalue weighted by atomic mass is 10.1. The zero-order chi connectivity index (χ0) is 40.6. The third-order valence-electron chi connectivity index (χ3n) is 7.83. The Morgan fingerprint density at radius 1 is 0.564 bits per heavy atom. The van der Waals surface area contributed by atoms with Gasteiger partial charge in [-0.1, -0.05) is 130 Å². The molecular formula is C46H77NO7P+. The van der Waals surface area contributed by atoms with Crippen molar-refractivity contribution in [2.75, 3.05) is 54.1 Å². The number of allylic oxidation sites excluding steroid dienone is 18. The fraction of sp³-hybridized carbons (Fsp3) is 0.587. The minimum absolute atomic E-state index is 0.0646. The molecule has 2 atom stereocenters. The van der Waals surface area contributed by atoms with Crippen LogP contribution in [0, 0.1) is 0 Å². The second kappa shape index (κ2) is 38.1. The maximum absolute atomic E-state index is 12.7. The summed E-state index contributed by atoms with van der Waals surface area (Å²) in [5.74, 6) is -0.370. The lowest BCUT2D eigenvalue weighted by Crippen LogP contribution is -2.37. The molecule has 2 unspecified atom stereocenters. The zero-order valence-corrected chi connectivity index (χ0v) is 36.0. The van der Waals surface area contributed by atoms with Crippen LogP contribution in [0.1, 0.15) is 117 Å². The van der Waals surface area contributed by atoms with Gasteiger partial charge >= 0.3 is 13.8 Å². The third kappa shape index (κ3) is 42.1. The molecule has 0 fully saturated rings. The molecule has 0 spiro atoms. The molecule has 0 rings (SSSR count). The van der Waals surface area contributed by atoms with Crippen molar-refractivity contribution in [1.82, 2.24) is 0 Å². The number of esters is 1. The van der Waals surface area contributed by atoms with E-state index < -0.39 is 13.9 Å². The van der Waals surface area contributed by atoms with Gasteiger partial charge in [0.05, 0.1) is 34.4 Å². The first-order valence-electron chi connectivity index (χ1n) is 20.6. The summed E-state index contributed by atoms with van der Waals surface area (Å²) in [7, 11) is 1.59. The topological polar surface area (TPSA) is 91.3 Å². The molecule has 0 radical (unpaired) electrons. The molecular weight excluding hydrogens is 709 g/mol. The van der Waals surface area contributed by atoms with Gasteiger partial charge in [-0.15, -0.1) is 0 Å². The predicted octanol–water partition coefficient (Wildman–Crippen LogP) is 12.0. The van der Waals surface area contributed by atoms with Gasteiger partial charge in [0.1, 0.15) is 19.3 Å². The van der Waals surface area contributed by atoms with Gasteiger partial charge in [-0.3, -0.25) is 13.8 Å². The molecule has 0 saturated carbocycles. The highest BCUT2D eigenvalue weighted by Crippen LogP contribution is 2.43. The number of nitrogens with zero attached hydrogens (tertiary/aromatic N) is 1. The average Bonchev–Trinajstić information content (AvgIpc) is 3.13. The molecule has 0 aliphatic heterocycles. The van der Waals surface area contributed by atoms with E-state index in [0.29, 0.717) is 24.1 Å². The first-order chi connectivity index (χ1) is 26.6. The molecule has 8 nitrogen and oxygen atoms in total. The van der Waals surface area contributed by atoms with E-state index in [1.165, 1.54) is 0 Å². The number of hydrogen-bond donors (Lipinski definition) is 1. The summed E-state index contributed by atoms with van der Waals surface area (Å²) in [5.41, 5.74) is 0. The maximum atomic E-state index is 12.7. The van der Waals surface area contributed by atoms with Gasteiger partial charge in [0.15, 0.2) is 0 Å². The molecule has 0 heterocycles. The fourth-order valence-corrected chi connectivity index (χ4v) is 5.44. The van der Waals surface area contributed by atoms with Gasteiger partial charge in [-0.25, -0.2) is 4.57 Å². The van der Waals surface area contributed by atoms with Crippen LogP contribution in [0.5, 0.6) is 0 Å². The van der Waals surface area contributed by atoms with Gasteiger partial charge in [0.2, 0.25) is 0 Å². The molecule has 0 aliphatic rings. The van der Waals surface area contributed by atoms with Crippen LogP contribution in [-0.2, 0) is 27.9 Å². The number of hydrogen-bond acceptors (Lipinski definition) is 6. The van der Waals surface area contributed by atoms with E-state index in [-0.39, 0.29) is 32.2 Å². The van der Waals surface area contributed by atoms with Gasteiger partial charge in [-0.05, 0) is 89.9 Å². The van der Waals surface area contributed by atoms with Crippen LogP contribution in [-0.4, -0.2) is 75.6 Å². The van der Waals surface area contributed by atoms with Crippen LogP contribution in [0.15, 0.2) is 109 Å². The molecule has 1 N–H and O–H groups in total. The number of phosphoric ester groups is 1. The second-order valence-corrected chi connectivity index (χ2v) is 15.7. The number of rotatable bonds is 36. The van der Waals surface area contributed by atoms with Crippen molar-refractivity contribution in [1.29, 1.82) is 0 Å². The highest BCUT2D eigenvalue weighted by Gasteiger charge is 2.26. The number of quaternary nitrogens is 1. The molecule has 55 heavy (non-hydrogen) atoms. The Labute approximate surface area is 336 Å². The minimum Gasteiger partial charge on any atom is -0.457 e. The quantitative estimate of drug-likeness (QED) is 0.0222. The largest absolute Gasteiger partial charge is 0.472 e. The predicted molar refractivity (Wildman–Crippen MR) is 233 cm³/mol. The third-order valence-corrected chi connectivity index (χ3v) is 8.81. The number of carbonyl (C=O) groups excluding carboxylic acids is 1. The van der Waals surface area contributed by atoms with E-state index in [0.717, 1.165) is 89.9 Å².